The molecule has 1 heterocycles. The van der Waals surface area contributed by atoms with E-state index >= 15 is 0 Å². The quantitative estimate of drug-likeness (QED) is 0.903. The Balaban J connectivity index is 2.13. The highest BCUT2D eigenvalue weighted by Crippen LogP contribution is 2.37. The minimum atomic E-state index is -0.253. The molecule has 123 valence electrons. The first kappa shape index (κ1) is 16.5. The maximum Gasteiger partial charge on any atom is 0.161 e. The molecule has 2 aromatic carbocycles. The van der Waals surface area contributed by atoms with E-state index in [1.54, 1.807) is 7.11 Å². The van der Waals surface area contributed by atoms with Crippen LogP contribution in [0.1, 0.15) is 18.9 Å². The second kappa shape index (κ2) is 7.47. The Hall–Kier alpha value is -2.36. The van der Waals surface area contributed by atoms with Gasteiger partial charge >= 0.3 is 0 Å². The zero-order valence-electron chi connectivity index (χ0n) is 14.1. The van der Waals surface area contributed by atoms with Crippen molar-refractivity contribution in [3.63, 3.8) is 0 Å². The van der Waals surface area contributed by atoms with Crippen LogP contribution in [0.3, 0.4) is 0 Å². The van der Waals surface area contributed by atoms with Crippen molar-refractivity contribution >= 4 is 11.3 Å². The smallest absolute Gasteiger partial charge is 0.161 e. The molecule has 0 amide bonds. The number of rotatable bonds is 5. The predicted octanol–water partition coefficient (Wildman–Crippen LogP) is 4.02. The van der Waals surface area contributed by atoms with E-state index in [1.165, 1.54) is 0 Å². The van der Waals surface area contributed by atoms with E-state index in [1.807, 2.05) is 53.4 Å². The summed E-state index contributed by atoms with van der Waals surface area (Å²) in [6.07, 6.45) is 3.75. The van der Waals surface area contributed by atoms with Gasteiger partial charge in [0.25, 0.3) is 0 Å². The summed E-state index contributed by atoms with van der Waals surface area (Å²) in [5.74, 6) is 0. The third kappa shape index (κ3) is 3.14. The molecule has 3 nitrogen and oxygen atoms in total. The molecule has 0 saturated carbocycles. The van der Waals surface area contributed by atoms with Crippen molar-refractivity contribution < 1.29 is 9.84 Å². The summed E-state index contributed by atoms with van der Waals surface area (Å²) in [6.45, 7) is 2.18. The minimum Gasteiger partial charge on any atom is -0.396 e. The Kier molecular flexibility index (Phi) is 5.14. The van der Waals surface area contributed by atoms with Gasteiger partial charge in [-0.25, -0.2) is 0 Å². The molecule has 1 aliphatic rings. The number of aliphatic hydroxyl groups is 1. The Morgan fingerprint density at radius 1 is 1.04 bits per heavy atom. The Morgan fingerprint density at radius 2 is 1.67 bits per heavy atom. The van der Waals surface area contributed by atoms with Crippen LogP contribution in [0, 0.1) is 6.20 Å². The molecule has 1 unspecified atom stereocenters. The number of benzene rings is 2. The van der Waals surface area contributed by atoms with Crippen LogP contribution in [-0.2, 0) is 4.74 Å². The van der Waals surface area contributed by atoms with Crippen molar-refractivity contribution in [1.82, 2.24) is 0 Å². The lowest BCUT2D eigenvalue weighted by atomic mass is 9.90. The van der Waals surface area contributed by atoms with Crippen molar-refractivity contribution in [2.24, 2.45) is 0 Å². The summed E-state index contributed by atoms with van der Waals surface area (Å²) in [5, 5.41) is 9.44. The van der Waals surface area contributed by atoms with Crippen molar-refractivity contribution in [3.05, 3.63) is 83.6 Å². The fourth-order valence-electron chi connectivity index (χ4n) is 3.11. The molecule has 0 bridgehead atoms. The third-order valence-corrected chi connectivity index (χ3v) is 4.30. The predicted molar refractivity (Wildman–Crippen MR) is 97.2 cm³/mol. The van der Waals surface area contributed by atoms with Crippen molar-refractivity contribution in [1.29, 1.82) is 0 Å². The highest BCUT2D eigenvalue weighted by molar-refractivity contribution is 5.79. The highest BCUT2D eigenvalue weighted by Gasteiger charge is 2.30. The zero-order chi connectivity index (χ0) is 16.9. The molecule has 0 saturated heterocycles. The van der Waals surface area contributed by atoms with Crippen LogP contribution < -0.4 is 4.90 Å². The normalized spacial score (nSPS) is 17.9. The van der Waals surface area contributed by atoms with Gasteiger partial charge in [0.05, 0.1) is 6.20 Å². The monoisotopic (exact) mass is 320 g/mol. The van der Waals surface area contributed by atoms with Crippen LogP contribution in [0.5, 0.6) is 0 Å². The Labute approximate surface area is 143 Å². The van der Waals surface area contributed by atoms with Crippen LogP contribution in [0.15, 0.2) is 71.8 Å². The van der Waals surface area contributed by atoms with Gasteiger partial charge in [0.15, 0.2) is 6.23 Å². The molecule has 0 spiro atoms. The number of anilines is 1. The first-order valence-electron chi connectivity index (χ1n) is 8.13. The van der Waals surface area contributed by atoms with Crippen LogP contribution in [0.4, 0.5) is 5.69 Å². The molecular weight excluding hydrogens is 298 g/mol. The molecule has 0 aliphatic carbocycles. The zero-order valence-corrected chi connectivity index (χ0v) is 14.1. The number of aliphatic hydroxyl groups excluding tert-OH is 1. The standard InChI is InChI=1S/C21H22NO2/c1-16-18(13-14-23)15-22(19-11-7-4-8-12-19)21(24-2)20(16)17-9-5-3-6-10-17/h3-12,21,23H,13-14H2,1-2H3. The van der Waals surface area contributed by atoms with Crippen molar-refractivity contribution in [2.75, 3.05) is 18.6 Å². The summed E-state index contributed by atoms with van der Waals surface area (Å²) in [4.78, 5) is 2.01. The lowest BCUT2D eigenvalue weighted by Gasteiger charge is -2.36. The largest absolute Gasteiger partial charge is 0.396 e. The van der Waals surface area contributed by atoms with E-state index in [9.17, 15) is 5.11 Å². The minimum absolute atomic E-state index is 0.0992. The molecule has 1 radical (unpaired) electrons. The van der Waals surface area contributed by atoms with Crippen molar-refractivity contribution in [2.45, 2.75) is 19.6 Å². The van der Waals surface area contributed by atoms with Crippen LogP contribution >= 0.6 is 0 Å². The third-order valence-electron chi connectivity index (χ3n) is 4.30. The van der Waals surface area contributed by atoms with Gasteiger partial charge in [-0.05, 0) is 42.2 Å². The first-order valence-corrected chi connectivity index (χ1v) is 8.13. The molecule has 1 N–H and O–H groups in total. The summed E-state index contributed by atoms with van der Waals surface area (Å²) in [5.41, 5.74) is 5.38. The Morgan fingerprint density at radius 3 is 2.25 bits per heavy atom. The number of allylic oxidation sites excluding steroid dienone is 1. The average molecular weight is 320 g/mol. The van der Waals surface area contributed by atoms with Gasteiger partial charge < -0.3 is 14.7 Å². The fraction of sp³-hybridized carbons (Fsp3) is 0.238. The molecule has 2 aromatic rings. The number of hydrogen-bond acceptors (Lipinski definition) is 3. The van der Waals surface area contributed by atoms with E-state index in [-0.39, 0.29) is 12.8 Å². The van der Waals surface area contributed by atoms with Gasteiger partial charge in [-0.2, -0.15) is 0 Å². The van der Waals surface area contributed by atoms with E-state index in [0.29, 0.717) is 6.42 Å². The summed E-state index contributed by atoms with van der Waals surface area (Å²) in [7, 11) is 1.72. The number of methoxy groups -OCH3 is 1. The maximum atomic E-state index is 9.44. The number of ether oxygens (including phenoxy) is 1. The van der Waals surface area contributed by atoms with E-state index in [4.69, 9.17) is 4.74 Å². The Bertz CT molecular complexity index is 735. The molecular formula is C21H22NO2. The van der Waals surface area contributed by atoms with Crippen LogP contribution in [-0.4, -0.2) is 25.1 Å². The topological polar surface area (TPSA) is 32.7 Å². The molecule has 24 heavy (non-hydrogen) atoms. The van der Waals surface area contributed by atoms with Gasteiger partial charge in [-0.3, -0.25) is 0 Å². The lowest BCUT2D eigenvalue weighted by molar-refractivity contribution is 0.149. The van der Waals surface area contributed by atoms with Gasteiger partial charge in [0.2, 0.25) is 0 Å². The second-order valence-electron chi connectivity index (χ2n) is 5.76. The van der Waals surface area contributed by atoms with Crippen LogP contribution in [0.25, 0.3) is 5.57 Å². The van der Waals surface area contributed by atoms with E-state index < -0.39 is 0 Å². The molecule has 0 aromatic heterocycles. The summed E-state index contributed by atoms with van der Waals surface area (Å²) in [6, 6.07) is 20.3. The van der Waals surface area contributed by atoms with E-state index in [0.717, 1.165) is 28.0 Å². The highest BCUT2D eigenvalue weighted by atomic mass is 16.5. The SMILES string of the molecule is COC1C(c2ccccc2)=C(C)C(CCO)=[C]N1c1ccccc1. The molecule has 1 aliphatic heterocycles. The van der Waals surface area contributed by atoms with Gasteiger partial charge in [0, 0.05) is 25.0 Å². The van der Waals surface area contributed by atoms with Gasteiger partial charge in [-0.15, -0.1) is 0 Å². The molecule has 3 heteroatoms. The first-order chi connectivity index (χ1) is 11.8. The average Bonchev–Trinajstić information content (AvgIpc) is 2.64. The van der Waals surface area contributed by atoms with Crippen molar-refractivity contribution in [3.8, 4) is 0 Å². The fourth-order valence-corrected chi connectivity index (χ4v) is 3.11. The van der Waals surface area contributed by atoms with Crippen LogP contribution in [0.2, 0.25) is 0 Å². The van der Waals surface area contributed by atoms with E-state index in [2.05, 4.69) is 25.3 Å². The second-order valence-corrected chi connectivity index (χ2v) is 5.76. The number of para-hydroxylation sites is 1. The van der Waals surface area contributed by atoms with Gasteiger partial charge in [-0.1, -0.05) is 48.5 Å². The number of hydrogen-bond donors (Lipinski definition) is 1. The molecule has 3 rings (SSSR count). The summed E-state index contributed by atoms with van der Waals surface area (Å²) >= 11 is 0. The lowest BCUT2D eigenvalue weighted by Crippen LogP contribution is -2.37. The molecule has 1 atom stereocenters. The maximum absolute atomic E-state index is 9.44. The molecule has 0 fully saturated rings. The number of nitrogens with zero attached hydrogens (tertiary/aromatic N) is 1. The van der Waals surface area contributed by atoms with Gasteiger partial charge in [0.1, 0.15) is 0 Å². The summed E-state index contributed by atoms with van der Waals surface area (Å²) < 4.78 is 5.85.